The number of guanidine groups is 1. The zero-order valence-electron chi connectivity index (χ0n) is 16.7. The van der Waals surface area contributed by atoms with Gasteiger partial charge in [-0.1, -0.05) is 37.1 Å². The number of para-hydroxylation sites is 1. The molecule has 152 valence electrons. The van der Waals surface area contributed by atoms with Gasteiger partial charge in [-0.2, -0.15) is 0 Å². The molecular weight excluding hydrogens is 461 g/mol. The van der Waals surface area contributed by atoms with E-state index in [1.165, 1.54) is 49.6 Å². The smallest absolute Gasteiger partial charge is 0.191 e. The topological polar surface area (TPSA) is 52.6 Å². The molecule has 6 heteroatoms. The van der Waals surface area contributed by atoms with Gasteiger partial charge in [0.2, 0.25) is 0 Å². The number of rotatable bonds is 5. The average molecular weight is 493 g/mol. The van der Waals surface area contributed by atoms with E-state index in [-0.39, 0.29) is 24.0 Å². The van der Waals surface area contributed by atoms with Crippen LogP contribution >= 0.6 is 24.0 Å². The van der Waals surface area contributed by atoms with Crippen LogP contribution in [-0.2, 0) is 6.54 Å². The lowest BCUT2D eigenvalue weighted by Crippen LogP contribution is -2.45. The Labute approximate surface area is 185 Å². The Bertz CT molecular complexity index is 782. The summed E-state index contributed by atoms with van der Waals surface area (Å²) in [7, 11) is 0. The van der Waals surface area contributed by atoms with Crippen molar-refractivity contribution < 1.29 is 0 Å². The second-order valence-electron chi connectivity index (χ2n) is 7.75. The molecule has 2 N–H and O–H groups in total. The van der Waals surface area contributed by atoms with Gasteiger partial charge in [0.05, 0.1) is 12.1 Å². The summed E-state index contributed by atoms with van der Waals surface area (Å²) in [5.74, 6) is 0.920. The lowest BCUT2D eigenvalue weighted by molar-refractivity contribution is 0.242. The van der Waals surface area contributed by atoms with E-state index in [0.717, 1.165) is 30.6 Å². The van der Waals surface area contributed by atoms with Crippen molar-refractivity contribution in [1.82, 2.24) is 20.5 Å². The fourth-order valence-corrected chi connectivity index (χ4v) is 4.48. The fourth-order valence-electron chi connectivity index (χ4n) is 4.48. The van der Waals surface area contributed by atoms with Gasteiger partial charge in [-0.05, 0) is 37.8 Å². The summed E-state index contributed by atoms with van der Waals surface area (Å²) in [6.07, 6.45) is 8.64. The third-order valence-electron chi connectivity index (χ3n) is 5.87. The Kier molecular flexibility index (Phi) is 7.91. The second-order valence-corrected chi connectivity index (χ2v) is 7.75. The quantitative estimate of drug-likeness (QED) is 0.377. The summed E-state index contributed by atoms with van der Waals surface area (Å²) >= 11 is 0. The highest BCUT2D eigenvalue weighted by Crippen LogP contribution is 2.26. The van der Waals surface area contributed by atoms with Gasteiger partial charge in [0.15, 0.2) is 5.96 Å². The van der Waals surface area contributed by atoms with E-state index in [0.29, 0.717) is 12.6 Å². The number of hydrogen-bond acceptors (Lipinski definition) is 3. The van der Waals surface area contributed by atoms with E-state index in [1.54, 1.807) is 0 Å². The van der Waals surface area contributed by atoms with Crippen molar-refractivity contribution in [3.63, 3.8) is 0 Å². The van der Waals surface area contributed by atoms with Gasteiger partial charge in [-0.15, -0.1) is 24.0 Å². The van der Waals surface area contributed by atoms with Crippen LogP contribution < -0.4 is 10.6 Å². The number of nitrogens with one attached hydrogen (secondary N) is 2. The van der Waals surface area contributed by atoms with E-state index in [9.17, 15) is 0 Å². The molecule has 1 atom stereocenters. The zero-order valence-corrected chi connectivity index (χ0v) is 19.1. The van der Waals surface area contributed by atoms with Crippen molar-refractivity contribution in [3.05, 3.63) is 42.1 Å². The van der Waals surface area contributed by atoms with Gasteiger partial charge >= 0.3 is 0 Å². The summed E-state index contributed by atoms with van der Waals surface area (Å²) in [5.41, 5.74) is 2.22. The number of aromatic nitrogens is 1. The largest absolute Gasteiger partial charge is 0.357 e. The van der Waals surface area contributed by atoms with Crippen LogP contribution in [0.25, 0.3) is 10.9 Å². The van der Waals surface area contributed by atoms with Gasteiger partial charge < -0.3 is 10.6 Å². The molecule has 1 saturated carbocycles. The number of aliphatic imine (C=N–C) groups is 1. The first kappa shape index (κ1) is 21.3. The van der Waals surface area contributed by atoms with Gasteiger partial charge in [-0.3, -0.25) is 9.88 Å². The van der Waals surface area contributed by atoms with Gasteiger partial charge in [-0.25, -0.2) is 4.99 Å². The molecular formula is C22H32IN5. The molecule has 0 radical (unpaired) electrons. The number of hydrogen-bond donors (Lipinski definition) is 2. The van der Waals surface area contributed by atoms with E-state index in [2.05, 4.69) is 51.7 Å². The summed E-state index contributed by atoms with van der Waals surface area (Å²) in [6, 6.07) is 11.7. The summed E-state index contributed by atoms with van der Waals surface area (Å²) in [6.45, 7) is 6.00. The number of pyridine rings is 1. The van der Waals surface area contributed by atoms with Crippen molar-refractivity contribution in [2.24, 2.45) is 4.99 Å². The number of halogens is 1. The molecule has 1 aromatic carbocycles. The number of nitrogens with zero attached hydrogens (tertiary/aromatic N) is 3. The molecule has 2 aliphatic rings. The molecule has 2 heterocycles. The van der Waals surface area contributed by atoms with Gasteiger partial charge in [0.1, 0.15) is 0 Å². The molecule has 5 nitrogen and oxygen atoms in total. The molecule has 0 spiro atoms. The first-order valence-electron chi connectivity index (χ1n) is 10.4. The predicted octanol–water partition coefficient (Wildman–Crippen LogP) is 3.92. The van der Waals surface area contributed by atoms with Crippen LogP contribution in [0.3, 0.4) is 0 Å². The number of likely N-dealkylation sites (tertiary alicyclic amines) is 1. The molecule has 1 aromatic heterocycles. The second kappa shape index (κ2) is 10.4. The molecule has 4 rings (SSSR count). The van der Waals surface area contributed by atoms with E-state index in [1.807, 2.05) is 12.3 Å². The first-order valence-corrected chi connectivity index (χ1v) is 10.4. The Morgan fingerprint density at radius 1 is 1.18 bits per heavy atom. The Morgan fingerprint density at radius 3 is 2.82 bits per heavy atom. The predicted molar refractivity (Wildman–Crippen MR) is 127 cm³/mol. The Balaban J connectivity index is 0.00000225. The van der Waals surface area contributed by atoms with Crippen LogP contribution in [0.1, 0.15) is 44.6 Å². The molecule has 28 heavy (non-hydrogen) atoms. The summed E-state index contributed by atoms with van der Waals surface area (Å²) in [5, 5.41) is 8.25. The van der Waals surface area contributed by atoms with E-state index >= 15 is 0 Å². The number of fused-ring (bicyclic) bond motifs is 1. The molecule has 0 bridgehead atoms. The molecule has 1 aliphatic heterocycles. The normalized spacial score (nSPS) is 21.0. The lowest BCUT2D eigenvalue weighted by atomic mass is 10.1. The summed E-state index contributed by atoms with van der Waals surface area (Å²) < 4.78 is 0. The van der Waals surface area contributed by atoms with Crippen molar-refractivity contribution in [1.29, 1.82) is 0 Å². The van der Waals surface area contributed by atoms with Crippen molar-refractivity contribution >= 4 is 40.8 Å². The molecule has 0 amide bonds. The molecule has 1 saturated heterocycles. The standard InChI is InChI=1S/C22H31N5.HI/c1-2-23-22(26-19-12-14-27(16-19)20-10-3-4-11-20)25-15-18-8-5-7-17-9-6-13-24-21(17)18;/h5-9,13,19-20H,2-4,10-12,14-16H2,1H3,(H2,23,25,26);1H. The van der Waals surface area contributed by atoms with Crippen molar-refractivity contribution in [2.45, 2.75) is 57.7 Å². The van der Waals surface area contributed by atoms with Crippen molar-refractivity contribution in [3.8, 4) is 0 Å². The third kappa shape index (κ3) is 5.14. The highest BCUT2D eigenvalue weighted by atomic mass is 127. The minimum absolute atomic E-state index is 0. The van der Waals surface area contributed by atoms with Crippen LogP contribution in [0.15, 0.2) is 41.5 Å². The summed E-state index contributed by atoms with van der Waals surface area (Å²) in [4.78, 5) is 12.1. The zero-order chi connectivity index (χ0) is 18.5. The lowest BCUT2D eigenvalue weighted by Gasteiger charge is -2.24. The van der Waals surface area contributed by atoms with Crippen LogP contribution in [0.5, 0.6) is 0 Å². The van der Waals surface area contributed by atoms with E-state index in [4.69, 9.17) is 4.99 Å². The van der Waals surface area contributed by atoms with Crippen LogP contribution in [-0.4, -0.2) is 47.6 Å². The van der Waals surface area contributed by atoms with Crippen molar-refractivity contribution in [2.75, 3.05) is 19.6 Å². The third-order valence-corrected chi connectivity index (χ3v) is 5.87. The maximum Gasteiger partial charge on any atom is 0.191 e. The Hall–Kier alpha value is -1.41. The van der Waals surface area contributed by atoms with Crippen LogP contribution in [0.4, 0.5) is 0 Å². The SMILES string of the molecule is CCNC(=NCc1cccc2cccnc12)NC1CCN(C2CCCC2)C1.I. The molecule has 2 fully saturated rings. The maximum atomic E-state index is 4.86. The van der Waals surface area contributed by atoms with Crippen LogP contribution in [0.2, 0.25) is 0 Å². The minimum atomic E-state index is 0. The fraction of sp³-hybridized carbons (Fsp3) is 0.545. The first-order chi connectivity index (χ1) is 13.3. The Morgan fingerprint density at radius 2 is 2.00 bits per heavy atom. The highest BCUT2D eigenvalue weighted by molar-refractivity contribution is 14.0. The molecule has 1 unspecified atom stereocenters. The van der Waals surface area contributed by atoms with E-state index < -0.39 is 0 Å². The van der Waals surface area contributed by atoms with Crippen LogP contribution in [0, 0.1) is 0 Å². The monoisotopic (exact) mass is 493 g/mol. The maximum absolute atomic E-state index is 4.86. The molecule has 2 aromatic rings. The minimum Gasteiger partial charge on any atom is -0.357 e. The number of benzene rings is 1. The van der Waals surface area contributed by atoms with Gasteiger partial charge in [0, 0.05) is 43.3 Å². The van der Waals surface area contributed by atoms with Gasteiger partial charge in [0.25, 0.3) is 0 Å². The average Bonchev–Trinajstić information content (AvgIpc) is 3.38. The highest BCUT2D eigenvalue weighted by Gasteiger charge is 2.30. The molecule has 1 aliphatic carbocycles.